The number of aromatic hydroxyl groups is 2. The van der Waals surface area contributed by atoms with E-state index in [2.05, 4.69) is 18.4 Å². The Kier molecular flexibility index (Phi) is 5.28. The molecule has 1 heterocycles. The number of hydrogen-bond donors (Lipinski definition) is 2. The molecular weight excluding hydrogens is 334 g/mol. The van der Waals surface area contributed by atoms with E-state index in [1.165, 1.54) is 29.4 Å². The third kappa shape index (κ3) is 3.76. The molecule has 0 aliphatic heterocycles. The van der Waals surface area contributed by atoms with E-state index in [4.69, 9.17) is 16.4 Å². The molecule has 0 atom stereocenters. The zero-order chi connectivity index (χ0) is 17.7. The van der Waals surface area contributed by atoms with Crippen LogP contribution in [-0.4, -0.2) is 27.6 Å². The van der Waals surface area contributed by atoms with E-state index in [1.807, 2.05) is 0 Å². The van der Waals surface area contributed by atoms with Crippen LogP contribution in [0.5, 0.6) is 11.8 Å². The van der Waals surface area contributed by atoms with Gasteiger partial charge in [-0.1, -0.05) is 18.2 Å². The molecule has 0 radical (unpaired) electrons. The van der Waals surface area contributed by atoms with Gasteiger partial charge in [0.05, 0.1) is 5.69 Å². The molecule has 8 heteroatoms. The number of rotatable bonds is 6. The van der Waals surface area contributed by atoms with Crippen molar-refractivity contribution in [3.05, 3.63) is 59.8 Å². The third-order valence-corrected chi connectivity index (χ3v) is 3.17. The van der Waals surface area contributed by atoms with Gasteiger partial charge in [-0.05, 0) is 24.3 Å². The zero-order valence-corrected chi connectivity index (χ0v) is 13.2. The van der Waals surface area contributed by atoms with E-state index in [0.717, 1.165) is 6.08 Å². The normalized spacial score (nSPS) is 10.5. The smallest absolute Gasteiger partial charge is 0.356 e. The summed E-state index contributed by atoms with van der Waals surface area (Å²) in [7, 11) is 0. The van der Waals surface area contributed by atoms with Crippen LogP contribution < -0.4 is 9.85 Å². The molecule has 1 aromatic heterocycles. The predicted octanol–water partition coefficient (Wildman–Crippen LogP) is 2.79. The van der Waals surface area contributed by atoms with Gasteiger partial charge >= 0.3 is 5.97 Å². The van der Waals surface area contributed by atoms with Crippen molar-refractivity contribution in [3.8, 4) is 11.8 Å². The van der Waals surface area contributed by atoms with E-state index in [9.17, 15) is 15.0 Å². The number of halogens is 1. The molecule has 0 spiro atoms. The van der Waals surface area contributed by atoms with Crippen molar-refractivity contribution in [1.29, 1.82) is 0 Å². The van der Waals surface area contributed by atoms with E-state index < -0.39 is 17.7 Å². The highest BCUT2D eigenvalue weighted by Crippen LogP contribution is 2.26. The Morgan fingerprint density at radius 3 is 2.54 bits per heavy atom. The fraction of sp³-hybridized carbons (Fsp3) is 0. The second kappa shape index (κ2) is 7.38. The van der Waals surface area contributed by atoms with Crippen molar-refractivity contribution in [3.63, 3.8) is 0 Å². The Bertz CT molecular complexity index is 786. The Morgan fingerprint density at radius 1 is 1.29 bits per heavy atom. The summed E-state index contributed by atoms with van der Waals surface area (Å²) in [5, 5.41) is 24.5. The number of hydrazone groups is 1. The second-order valence-corrected chi connectivity index (χ2v) is 4.90. The first-order valence-electron chi connectivity index (χ1n) is 6.64. The SMILES string of the molecule is C=CN(N=C)c1ccc(Cl)cc1C=CC(=O)On1c(O)ccc1O. The van der Waals surface area contributed by atoms with Crippen LogP contribution in [0.4, 0.5) is 5.69 Å². The van der Waals surface area contributed by atoms with Gasteiger partial charge in [-0.15, -0.1) is 4.73 Å². The molecule has 0 aliphatic rings. The molecule has 0 aliphatic carbocycles. The standard InChI is InChI=1S/C16H14ClN3O4/c1-3-19(18-2)13-6-5-12(17)10-11(13)4-9-16(23)24-20-14(21)7-8-15(20)22/h3-10,21-22H,1-2H2. The van der Waals surface area contributed by atoms with Gasteiger partial charge < -0.3 is 15.1 Å². The van der Waals surface area contributed by atoms with Crippen molar-refractivity contribution < 1.29 is 19.8 Å². The largest absolute Gasteiger partial charge is 0.492 e. The van der Waals surface area contributed by atoms with Crippen LogP contribution in [0.25, 0.3) is 6.08 Å². The minimum atomic E-state index is -0.820. The summed E-state index contributed by atoms with van der Waals surface area (Å²) in [5.74, 6) is -1.64. The highest BCUT2D eigenvalue weighted by Gasteiger charge is 2.11. The molecule has 0 fully saturated rings. The highest BCUT2D eigenvalue weighted by molar-refractivity contribution is 6.30. The molecular formula is C16H14ClN3O4. The number of aromatic nitrogens is 1. The van der Waals surface area contributed by atoms with Crippen LogP contribution in [0.15, 0.2) is 54.3 Å². The molecule has 7 nitrogen and oxygen atoms in total. The Hall–Kier alpha value is -3.19. The summed E-state index contributed by atoms with van der Waals surface area (Å²) in [6, 6.07) is 7.32. The van der Waals surface area contributed by atoms with Crippen LogP contribution in [0.2, 0.25) is 5.02 Å². The van der Waals surface area contributed by atoms with Gasteiger partial charge in [0.1, 0.15) is 0 Å². The van der Waals surface area contributed by atoms with E-state index in [0.29, 0.717) is 21.0 Å². The molecule has 0 amide bonds. The fourth-order valence-electron chi connectivity index (χ4n) is 1.87. The summed E-state index contributed by atoms with van der Waals surface area (Å²) in [6.07, 6.45) is 4.00. The number of hydrogen-bond acceptors (Lipinski definition) is 6. The zero-order valence-electron chi connectivity index (χ0n) is 12.5. The van der Waals surface area contributed by atoms with Crippen LogP contribution in [0, 0.1) is 0 Å². The van der Waals surface area contributed by atoms with Gasteiger partial charge in [-0.2, -0.15) is 5.10 Å². The number of nitrogens with zero attached hydrogens (tertiary/aromatic N) is 3. The first-order valence-corrected chi connectivity index (χ1v) is 7.02. The lowest BCUT2D eigenvalue weighted by Gasteiger charge is -2.16. The molecule has 0 unspecified atom stereocenters. The van der Waals surface area contributed by atoms with Gasteiger partial charge in [-0.3, -0.25) is 0 Å². The second-order valence-electron chi connectivity index (χ2n) is 4.46. The number of carbonyl (C=O) groups excluding carboxylic acids is 1. The van der Waals surface area contributed by atoms with Crippen molar-refractivity contribution in [2.45, 2.75) is 0 Å². The average molecular weight is 348 g/mol. The van der Waals surface area contributed by atoms with Gasteiger partial charge in [0.25, 0.3) is 0 Å². The highest BCUT2D eigenvalue weighted by atomic mass is 35.5. The molecule has 2 aromatic rings. The number of benzene rings is 1. The Labute approximate surface area is 142 Å². The van der Waals surface area contributed by atoms with Crippen molar-refractivity contribution in [1.82, 2.24) is 4.73 Å². The minimum absolute atomic E-state index is 0.411. The first-order chi connectivity index (χ1) is 11.5. The monoisotopic (exact) mass is 347 g/mol. The third-order valence-electron chi connectivity index (χ3n) is 2.94. The molecule has 2 rings (SSSR count). The maximum absolute atomic E-state index is 11.8. The fourth-order valence-corrected chi connectivity index (χ4v) is 2.05. The molecule has 0 bridgehead atoms. The Morgan fingerprint density at radius 2 is 1.96 bits per heavy atom. The summed E-state index contributed by atoms with van der Waals surface area (Å²) < 4.78 is 0.590. The van der Waals surface area contributed by atoms with Crippen molar-refractivity contribution in [2.75, 3.05) is 5.01 Å². The molecule has 124 valence electrons. The van der Waals surface area contributed by atoms with E-state index in [1.54, 1.807) is 18.2 Å². The quantitative estimate of drug-likeness (QED) is 0.476. The lowest BCUT2D eigenvalue weighted by Crippen LogP contribution is -2.16. The topological polar surface area (TPSA) is 87.3 Å². The molecule has 1 aromatic carbocycles. The van der Waals surface area contributed by atoms with Crippen LogP contribution in [0.3, 0.4) is 0 Å². The van der Waals surface area contributed by atoms with Gasteiger partial charge in [-0.25, -0.2) is 9.80 Å². The van der Waals surface area contributed by atoms with Crippen LogP contribution >= 0.6 is 11.6 Å². The summed E-state index contributed by atoms with van der Waals surface area (Å²) in [6.45, 7) is 7.05. The minimum Gasteiger partial charge on any atom is -0.492 e. The molecule has 24 heavy (non-hydrogen) atoms. The van der Waals surface area contributed by atoms with Crippen LogP contribution in [0.1, 0.15) is 5.56 Å². The van der Waals surface area contributed by atoms with Crippen LogP contribution in [-0.2, 0) is 4.79 Å². The predicted molar refractivity (Wildman–Crippen MR) is 92.1 cm³/mol. The Balaban J connectivity index is 2.25. The average Bonchev–Trinajstić information content (AvgIpc) is 2.87. The number of carbonyl (C=O) groups is 1. The summed E-state index contributed by atoms with van der Waals surface area (Å²) in [4.78, 5) is 16.6. The lowest BCUT2D eigenvalue weighted by atomic mass is 10.1. The number of anilines is 1. The maximum Gasteiger partial charge on any atom is 0.356 e. The molecule has 2 N–H and O–H groups in total. The summed E-state index contributed by atoms with van der Waals surface area (Å²) >= 11 is 5.97. The van der Waals surface area contributed by atoms with E-state index >= 15 is 0 Å². The van der Waals surface area contributed by atoms with Gasteiger partial charge in [0.15, 0.2) is 0 Å². The molecule has 0 saturated heterocycles. The first kappa shape index (κ1) is 17.2. The van der Waals surface area contributed by atoms with Gasteiger partial charge in [0, 0.05) is 41.7 Å². The maximum atomic E-state index is 11.8. The lowest BCUT2D eigenvalue weighted by molar-refractivity contribution is -0.139. The van der Waals surface area contributed by atoms with Gasteiger partial charge in [0.2, 0.25) is 11.8 Å². The van der Waals surface area contributed by atoms with Crippen molar-refractivity contribution in [2.24, 2.45) is 5.10 Å². The van der Waals surface area contributed by atoms with Crippen molar-refractivity contribution >= 4 is 36.1 Å². The van der Waals surface area contributed by atoms with E-state index in [-0.39, 0.29) is 0 Å². The summed E-state index contributed by atoms with van der Waals surface area (Å²) in [5.41, 5.74) is 1.16. The molecule has 0 saturated carbocycles.